The largest absolute Gasteiger partial charge is 0.289 e. The molecule has 2 heterocycles. The number of hydrogen-bond donors (Lipinski definition) is 0. The second kappa shape index (κ2) is 6.79. The molecule has 116 valence electrons. The van der Waals surface area contributed by atoms with Gasteiger partial charge in [0.05, 0.1) is 4.91 Å². The number of amides is 1. The molecule has 1 aromatic carbocycles. The van der Waals surface area contributed by atoms with Crippen LogP contribution in [-0.2, 0) is 11.2 Å². The molecule has 0 unspecified atom stereocenters. The molecule has 0 atom stereocenters. The summed E-state index contributed by atoms with van der Waals surface area (Å²) in [6, 6.07) is 13.8. The normalized spacial score (nSPS) is 18.2. The number of rotatable bonds is 3. The lowest BCUT2D eigenvalue weighted by Gasteiger charge is -2.06. The fraction of sp³-hybridized carbons (Fsp3) is 0.167. The molecule has 1 fully saturated rings. The summed E-state index contributed by atoms with van der Waals surface area (Å²) in [4.78, 5) is 23.2. The SMILES string of the molecule is CCc1ccc(/C=C2\S/C(=N/c3ccccn3)N(C)C2=O)cc1. The summed E-state index contributed by atoms with van der Waals surface area (Å²) in [7, 11) is 1.73. The Kier molecular flexibility index (Phi) is 4.57. The minimum Gasteiger partial charge on any atom is -0.289 e. The Morgan fingerprint density at radius 2 is 2.00 bits per heavy atom. The molecule has 0 bridgehead atoms. The fourth-order valence-corrected chi connectivity index (χ4v) is 3.15. The molecule has 4 nitrogen and oxygen atoms in total. The van der Waals surface area contributed by atoms with Crippen LogP contribution in [0.25, 0.3) is 6.08 Å². The number of aryl methyl sites for hydroxylation is 1. The van der Waals surface area contributed by atoms with Crippen molar-refractivity contribution < 1.29 is 4.79 Å². The van der Waals surface area contributed by atoms with Crippen LogP contribution in [0.1, 0.15) is 18.1 Å². The van der Waals surface area contributed by atoms with E-state index in [2.05, 4.69) is 29.0 Å². The number of aromatic nitrogens is 1. The van der Waals surface area contributed by atoms with Crippen LogP contribution in [0, 0.1) is 0 Å². The highest BCUT2D eigenvalue weighted by molar-refractivity contribution is 8.18. The van der Waals surface area contributed by atoms with E-state index in [4.69, 9.17) is 0 Å². The number of hydrogen-bond acceptors (Lipinski definition) is 4. The third-order valence-electron chi connectivity index (χ3n) is 3.55. The van der Waals surface area contributed by atoms with Gasteiger partial charge in [-0.1, -0.05) is 37.3 Å². The molecule has 23 heavy (non-hydrogen) atoms. The Morgan fingerprint density at radius 1 is 1.22 bits per heavy atom. The van der Waals surface area contributed by atoms with Gasteiger partial charge in [0.1, 0.15) is 0 Å². The number of benzene rings is 1. The van der Waals surface area contributed by atoms with Gasteiger partial charge in [-0.3, -0.25) is 9.69 Å². The molecular weight excluding hydrogens is 306 g/mol. The van der Waals surface area contributed by atoms with E-state index in [0.717, 1.165) is 12.0 Å². The Bertz CT molecular complexity index is 767. The lowest BCUT2D eigenvalue weighted by molar-refractivity contribution is -0.121. The molecule has 1 aliphatic rings. The van der Waals surface area contributed by atoms with Crippen LogP contribution in [0.15, 0.2) is 58.6 Å². The van der Waals surface area contributed by atoms with Crippen LogP contribution >= 0.6 is 11.8 Å². The number of aliphatic imine (C=N–C) groups is 1. The summed E-state index contributed by atoms with van der Waals surface area (Å²) >= 11 is 1.37. The van der Waals surface area contributed by atoms with Crippen molar-refractivity contribution in [2.75, 3.05) is 7.05 Å². The van der Waals surface area contributed by atoms with Gasteiger partial charge in [0.25, 0.3) is 5.91 Å². The predicted molar refractivity (Wildman–Crippen MR) is 95.5 cm³/mol. The van der Waals surface area contributed by atoms with E-state index in [1.165, 1.54) is 17.3 Å². The minimum absolute atomic E-state index is 0.0377. The lowest BCUT2D eigenvalue weighted by atomic mass is 10.1. The van der Waals surface area contributed by atoms with Crippen molar-refractivity contribution in [3.8, 4) is 0 Å². The molecule has 1 aromatic heterocycles. The Hall–Kier alpha value is -2.40. The number of amidine groups is 1. The van der Waals surface area contributed by atoms with Crippen molar-refractivity contribution >= 4 is 34.7 Å². The number of carbonyl (C=O) groups excluding carboxylic acids is 1. The first-order valence-corrected chi connectivity index (χ1v) is 8.25. The summed E-state index contributed by atoms with van der Waals surface area (Å²) in [5.74, 6) is 0.562. The average molecular weight is 323 g/mol. The Balaban J connectivity index is 1.85. The highest BCUT2D eigenvalue weighted by Gasteiger charge is 2.30. The molecule has 0 radical (unpaired) electrons. The molecule has 3 rings (SSSR count). The zero-order valence-corrected chi connectivity index (χ0v) is 13.9. The predicted octanol–water partition coefficient (Wildman–Crippen LogP) is 3.88. The maximum atomic E-state index is 12.4. The van der Waals surface area contributed by atoms with E-state index in [1.807, 2.05) is 36.4 Å². The first kappa shape index (κ1) is 15.5. The van der Waals surface area contributed by atoms with Gasteiger partial charge in [-0.15, -0.1) is 0 Å². The van der Waals surface area contributed by atoms with Gasteiger partial charge in [-0.05, 0) is 47.5 Å². The van der Waals surface area contributed by atoms with Crippen LogP contribution in [0.3, 0.4) is 0 Å². The van der Waals surface area contributed by atoms with Crippen molar-refractivity contribution in [3.05, 3.63) is 64.7 Å². The molecule has 2 aromatic rings. The standard InChI is InChI=1S/C18H17N3OS/c1-3-13-7-9-14(10-8-13)12-15-17(22)21(2)18(23-15)20-16-6-4-5-11-19-16/h4-12H,3H2,1-2H3/b15-12-,20-18+. The maximum Gasteiger partial charge on any atom is 0.266 e. The average Bonchev–Trinajstić information content (AvgIpc) is 2.84. The molecule has 0 N–H and O–H groups in total. The smallest absolute Gasteiger partial charge is 0.266 e. The van der Waals surface area contributed by atoms with Gasteiger partial charge in [0, 0.05) is 13.2 Å². The van der Waals surface area contributed by atoms with Crippen LogP contribution in [-0.4, -0.2) is 28.0 Å². The maximum absolute atomic E-state index is 12.4. The first-order chi connectivity index (χ1) is 11.2. The summed E-state index contributed by atoms with van der Waals surface area (Å²) in [6.45, 7) is 2.12. The fourth-order valence-electron chi connectivity index (χ4n) is 2.17. The highest BCUT2D eigenvalue weighted by atomic mass is 32.2. The monoisotopic (exact) mass is 323 g/mol. The topological polar surface area (TPSA) is 45.6 Å². The van der Waals surface area contributed by atoms with E-state index < -0.39 is 0 Å². The quantitative estimate of drug-likeness (QED) is 0.805. The minimum atomic E-state index is -0.0377. The molecular formula is C18H17N3OS. The third-order valence-corrected chi connectivity index (χ3v) is 4.61. The number of carbonyl (C=O) groups is 1. The number of pyridine rings is 1. The summed E-state index contributed by atoms with van der Waals surface area (Å²) in [6.07, 6.45) is 4.60. The molecule has 0 aliphatic carbocycles. The molecule has 5 heteroatoms. The zero-order valence-electron chi connectivity index (χ0n) is 13.1. The molecule has 1 saturated heterocycles. The van der Waals surface area contributed by atoms with Gasteiger partial charge in [0.2, 0.25) is 0 Å². The molecule has 1 amide bonds. The number of likely N-dealkylation sites (N-methyl/N-ethyl adjacent to an activating group) is 1. The van der Waals surface area contributed by atoms with Crippen molar-refractivity contribution in [1.29, 1.82) is 0 Å². The Labute approximate surface area is 140 Å². The van der Waals surface area contributed by atoms with Crippen LogP contribution in [0.2, 0.25) is 0 Å². The van der Waals surface area contributed by atoms with Crippen molar-refractivity contribution in [2.24, 2.45) is 4.99 Å². The lowest BCUT2D eigenvalue weighted by Crippen LogP contribution is -2.23. The van der Waals surface area contributed by atoms with Gasteiger partial charge in [-0.25, -0.2) is 9.98 Å². The summed E-state index contributed by atoms with van der Waals surface area (Å²) in [5.41, 5.74) is 2.30. The van der Waals surface area contributed by atoms with E-state index in [1.54, 1.807) is 18.1 Å². The van der Waals surface area contributed by atoms with Gasteiger partial charge in [0.15, 0.2) is 11.0 Å². The van der Waals surface area contributed by atoms with Crippen molar-refractivity contribution in [1.82, 2.24) is 9.88 Å². The van der Waals surface area contributed by atoms with Crippen LogP contribution in [0.5, 0.6) is 0 Å². The zero-order chi connectivity index (χ0) is 16.2. The summed E-state index contributed by atoms with van der Waals surface area (Å²) in [5, 5.41) is 0.644. The number of thioether (sulfide) groups is 1. The van der Waals surface area contributed by atoms with Crippen LogP contribution < -0.4 is 0 Å². The van der Waals surface area contributed by atoms with Gasteiger partial charge in [-0.2, -0.15) is 0 Å². The summed E-state index contributed by atoms with van der Waals surface area (Å²) < 4.78 is 0. The Morgan fingerprint density at radius 3 is 2.65 bits per heavy atom. The van der Waals surface area contributed by atoms with Gasteiger partial charge < -0.3 is 0 Å². The molecule has 1 aliphatic heterocycles. The van der Waals surface area contributed by atoms with E-state index >= 15 is 0 Å². The highest BCUT2D eigenvalue weighted by Crippen LogP contribution is 2.32. The van der Waals surface area contributed by atoms with E-state index in [0.29, 0.717) is 15.9 Å². The van der Waals surface area contributed by atoms with Crippen molar-refractivity contribution in [2.45, 2.75) is 13.3 Å². The van der Waals surface area contributed by atoms with E-state index in [-0.39, 0.29) is 5.91 Å². The van der Waals surface area contributed by atoms with Crippen molar-refractivity contribution in [3.63, 3.8) is 0 Å². The van der Waals surface area contributed by atoms with E-state index in [9.17, 15) is 4.79 Å². The molecule has 0 saturated carbocycles. The number of nitrogens with zero attached hydrogens (tertiary/aromatic N) is 3. The second-order valence-corrected chi connectivity index (χ2v) is 6.16. The van der Waals surface area contributed by atoms with Gasteiger partial charge >= 0.3 is 0 Å². The third kappa shape index (κ3) is 3.51. The second-order valence-electron chi connectivity index (χ2n) is 5.15. The first-order valence-electron chi connectivity index (χ1n) is 7.43. The molecule has 0 spiro atoms. The van der Waals surface area contributed by atoms with Crippen LogP contribution in [0.4, 0.5) is 5.82 Å².